The molecule has 0 radical (unpaired) electrons. The third-order valence-electron chi connectivity index (χ3n) is 4.03. The van der Waals surface area contributed by atoms with Gasteiger partial charge in [0.1, 0.15) is 11.6 Å². The van der Waals surface area contributed by atoms with E-state index in [2.05, 4.69) is 31.1 Å². The fourth-order valence-corrected chi connectivity index (χ4v) is 2.56. The topological polar surface area (TPSA) is 91.8 Å². The first kappa shape index (κ1) is 21.0. The van der Waals surface area contributed by atoms with Crippen LogP contribution in [0.3, 0.4) is 0 Å². The molecule has 2 heterocycles. The van der Waals surface area contributed by atoms with E-state index in [-0.39, 0.29) is 13.1 Å². The lowest BCUT2D eigenvalue weighted by Crippen LogP contribution is -2.30. The zero-order chi connectivity index (χ0) is 21.6. The van der Waals surface area contributed by atoms with Crippen LogP contribution in [0.4, 0.5) is 30.6 Å². The molecule has 0 saturated carbocycles. The number of alkyl halides is 3. The summed E-state index contributed by atoms with van der Waals surface area (Å²) in [4.78, 5) is 16.3. The molecule has 0 bridgehead atoms. The van der Waals surface area contributed by atoms with Gasteiger partial charge in [-0.05, 0) is 42.8 Å². The van der Waals surface area contributed by atoms with E-state index in [4.69, 9.17) is 0 Å². The Bertz CT molecular complexity index is 991. The molecule has 0 aliphatic heterocycles. The van der Waals surface area contributed by atoms with Gasteiger partial charge in [-0.2, -0.15) is 13.2 Å². The number of carbonyl (C=O) groups is 1. The lowest BCUT2D eigenvalue weighted by molar-refractivity contribution is -0.137. The first-order valence-corrected chi connectivity index (χ1v) is 9.04. The molecule has 1 amide bonds. The Labute approximate surface area is 170 Å². The minimum absolute atomic E-state index is 0.111. The standard InChI is InChI=1S/C20H19F3N6O/c1-13-6-7-16(26-12-13)27-18-9-8-17(28-29-18)24-10-11-25-19(30)14-4-2-3-5-15(14)20(21,22)23/h2-9,12H,10-11H2,1H3,(H,24,28)(H,25,30)(H,26,27,29). The van der Waals surface area contributed by atoms with Crippen LogP contribution in [0.25, 0.3) is 0 Å². The number of halogens is 3. The van der Waals surface area contributed by atoms with Crippen LogP contribution in [0.5, 0.6) is 0 Å². The number of benzene rings is 1. The maximum absolute atomic E-state index is 13.0. The van der Waals surface area contributed by atoms with Gasteiger partial charge in [0, 0.05) is 19.3 Å². The number of carbonyl (C=O) groups excluding carboxylic acids is 1. The van der Waals surface area contributed by atoms with E-state index in [9.17, 15) is 18.0 Å². The highest BCUT2D eigenvalue weighted by Gasteiger charge is 2.34. The van der Waals surface area contributed by atoms with Gasteiger partial charge < -0.3 is 16.0 Å². The zero-order valence-electron chi connectivity index (χ0n) is 16.0. The van der Waals surface area contributed by atoms with Gasteiger partial charge in [-0.25, -0.2) is 4.98 Å². The number of pyridine rings is 1. The van der Waals surface area contributed by atoms with E-state index in [1.165, 1.54) is 12.1 Å². The predicted octanol–water partition coefficient (Wildman–Crippen LogP) is 3.78. The number of nitrogens with one attached hydrogen (secondary N) is 3. The van der Waals surface area contributed by atoms with Crippen LogP contribution in [-0.4, -0.2) is 34.2 Å². The molecular formula is C20H19F3N6O. The first-order chi connectivity index (χ1) is 14.3. The maximum Gasteiger partial charge on any atom is 0.417 e. The van der Waals surface area contributed by atoms with Crippen molar-refractivity contribution in [2.24, 2.45) is 0 Å². The summed E-state index contributed by atoms with van der Waals surface area (Å²) in [6, 6.07) is 11.8. The van der Waals surface area contributed by atoms with E-state index >= 15 is 0 Å². The highest BCUT2D eigenvalue weighted by molar-refractivity contribution is 5.95. The van der Waals surface area contributed by atoms with Gasteiger partial charge in [0.25, 0.3) is 5.91 Å². The van der Waals surface area contributed by atoms with Gasteiger partial charge in [-0.15, -0.1) is 10.2 Å². The minimum Gasteiger partial charge on any atom is -0.367 e. The van der Waals surface area contributed by atoms with Crippen LogP contribution in [0.1, 0.15) is 21.5 Å². The molecule has 3 N–H and O–H groups in total. The molecule has 0 fully saturated rings. The average molecular weight is 416 g/mol. The molecule has 3 aromatic rings. The summed E-state index contributed by atoms with van der Waals surface area (Å²) in [5.41, 5.74) is -0.336. The van der Waals surface area contributed by atoms with Crippen molar-refractivity contribution in [3.8, 4) is 0 Å². The van der Waals surface area contributed by atoms with Crippen LogP contribution in [0, 0.1) is 6.92 Å². The Kier molecular flexibility index (Phi) is 6.45. The van der Waals surface area contributed by atoms with Crippen LogP contribution in [0.15, 0.2) is 54.7 Å². The van der Waals surface area contributed by atoms with Gasteiger partial charge in [0.05, 0.1) is 11.1 Å². The van der Waals surface area contributed by atoms with E-state index in [1.807, 2.05) is 19.1 Å². The van der Waals surface area contributed by atoms with Crippen molar-refractivity contribution in [3.63, 3.8) is 0 Å². The number of anilines is 3. The number of rotatable bonds is 7. The van der Waals surface area contributed by atoms with Crippen LogP contribution < -0.4 is 16.0 Å². The fraction of sp³-hybridized carbons (Fsp3) is 0.200. The number of hydrogen-bond acceptors (Lipinski definition) is 6. The van der Waals surface area contributed by atoms with Crippen LogP contribution >= 0.6 is 0 Å². The van der Waals surface area contributed by atoms with E-state index < -0.39 is 23.2 Å². The Morgan fingerprint density at radius 2 is 1.63 bits per heavy atom. The predicted molar refractivity (Wildman–Crippen MR) is 107 cm³/mol. The monoisotopic (exact) mass is 416 g/mol. The molecule has 0 saturated heterocycles. The molecule has 30 heavy (non-hydrogen) atoms. The summed E-state index contributed by atoms with van der Waals surface area (Å²) in [5.74, 6) is 0.815. The lowest BCUT2D eigenvalue weighted by Gasteiger charge is -2.13. The molecule has 2 aromatic heterocycles. The van der Waals surface area contributed by atoms with Gasteiger partial charge in [-0.3, -0.25) is 4.79 Å². The summed E-state index contributed by atoms with van der Waals surface area (Å²) in [7, 11) is 0. The van der Waals surface area contributed by atoms with Gasteiger partial charge in [0.2, 0.25) is 0 Å². The molecule has 0 aliphatic rings. The lowest BCUT2D eigenvalue weighted by atomic mass is 10.1. The maximum atomic E-state index is 13.0. The van der Waals surface area contributed by atoms with Crippen molar-refractivity contribution in [3.05, 3.63) is 71.4 Å². The van der Waals surface area contributed by atoms with E-state index in [0.29, 0.717) is 17.5 Å². The van der Waals surface area contributed by atoms with Crippen LogP contribution in [-0.2, 0) is 6.18 Å². The highest BCUT2D eigenvalue weighted by Crippen LogP contribution is 2.31. The fourth-order valence-electron chi connectivity index (χ4n) is 2.56. The summed E-state index contributed by atoms with van der Waals surface area (Å²) in [6.07, 6.45) is -2.86. The van der Waals surface area contributed by atoms with Crippen molar-refractivity contribution in [2.75, 3.05) is 23.7 Å². The van der Waals surface area contributed by atoms with Crippen LogP contribution in [0.2, 0.25) is 0 Å². The third kappa shape index (κ3) is 5.66. The largest absolute Gasteiger partial charge is 0.417 e. The summed E-state index contributed by atoms with van der Waals surface area (Å²) in [5, 5.41) is 16.4. The van der Waals surface area contributed by atoms with Gasteiger partial charge in [0.15, 0.2) is 5.82 Å². The second-order valence-corrected chi connectivity index (χ2v) is 6.38. The third-order valence-corrected chi connectivity index (χ3v) is 4.03. The molecule has 156 valence electrons. The first-order valence-electron chi connectivity index (χ1n) is 9.04. The molecule has 7 nitrogen and oxygen atoms in total. The molecule has 0 aliphatic carbocycles. The smallest absolute Gasteiger partial charge is 0.367 e. The summed E-state index contributed by atoms with van der Waals surface area (Å²) in [6.45, 7) is 2.31. The Morgan fingerprint density at radius 1 is 0.933 bits per heavy atom. The van der Waals surface area contributed by atoms with Crippen molar-refractivity contribution in [2.45, 2.75) is 13.1 Å². The average Bonchev–Trinajstić information content (AvgIpc) is 2.73. The van der Waals surface area contributed by atoms with Gasteiger partial charge in [-0.1, -0.05) is 18.2 Å². The van der Waals surface area contributed by atoms with Crippen molar-refractivity contribution < 1.29 is 18.0 Å². The second-order valence-electron chi connectivity index (χ2n) is 6.38. The normalized spacial score (nSPS) is 11.1. The molecule has 10 heteroatoms. The molecule has 0 atom stereocenters. The van der Waals surface area contributed by atoms with Crippen molar-refractivity contribution >= 4 is 23.4 Å². The molecule has 0 unspecified atom stereocenters. The second kappa shape index (κ2) is 9.21. The van der Waals surface area contributed by atoms with Crippen molar-refractivity contribution in [1.82, 2.24) is 20.5 Å². The quantitative estimate of drug-likeness (QED) is 0.508. The number of hydrogen-bond donors (Lipinski definition) is 3. The number of aromatic nitrogens is 3. The summed E-state index contributed by atoms with van der Waals surface area (Å²) >= 11 is 0. The number of aryl methyl sites for hydroxylation is 1. The highest BCUT2D eigenvalue weighted by atomic mass is 19.4. The Hall–Kier alpha value is -3.69. The molecule has 1 aromatic carbocycles. The van der Waals surface area contributed by atoms with Gasteiger partial charge >= 0.3 is 6.18 Å². The molecule has 0 spiro atoms. The molecule has 3 rings (SSSR count). The van der Waals surface area contributed by atoms with Crippen molar-refractivity contribution in [1.29, 1.82) is 0 Å². The number of amides is 1. The summed E-state index contributed by atoms with van der Waals surface area (Å²) < 4.78 is 39.0. The SMILES string of the molecule is Cc1ccc(Nc2ccc(NCCNC(=O)c3ccccc3C(F)(F)F)nn2)nc1. The number of nitrogens with zero attached hydrogens (tertiary/aromatic N) is 3. The minimum atomic E-state index is -4.59. The Morgan fingerprint density at radius 3 is 2.30 bits per heavy atom. The van der Waals surface area contributed by atoms with E-state index in [0.717, 1.165) is 17.7 Å². The molecular weight excluding hydrogens is 397 g/mol. The Balaban J connectivity index is 1.48. The van der Waals surface area contributed by atoms with E-state index in [1.54, 1.807) is 18.3 Å². The zero-order valence-corrected chi connectivity index (χ0v) is 16.0.